The summed E-state index contributed by atoms with van der Waals surface area (Å²) >= 11 is 0. The first-order valence-electron chi connectivity index (χ1n) is 10.8. The van der Waals surface area contributed by atoms with Gasteiger partial charge in [0.15, 0.2) is 0 Å². The van der Waals surface area contributed by atoms with E-state index in [2.05, 4.69) is 4.98 Å². The molecule has 2 aromatic carbocycles. The van der Waals surface area contributed by atoms with Gasteiger partial charge in [-0.1, -0.05) is 18.2 Å². The zero-order chi connectivity index (χ0) is 23.3. The number of hydrogen-bond donors (Lipinski definition) is 1. The molecule has 5 rings (SSSR count). The fraction of sp³-hybridized carbons (Fsp3) is 0.308. The van der Waals surface area contributed by atoms with Crippen molar-refractivity contribution in [1.29, 1.82) is 5.26 Å². The van der Waals surface area contributed by atoms with E-state index in [0.717, 1.165) is 12.1 Å². The van der Waals surface area contributed by atoms with Crippen LogP contribution in [0.3, 0.4) is 0 Å². The number of aliphatic hydroxyl groups is 1. The van der Waals surface area contributed by atoms with Crippen LogP contribution in [-0.2, 0) is 13.1 Å². The topological polar surface area (TPSA) is 56.9 Å². The van der Waals surface area contributed by atoms with Crippen molar-refractivity contribution >= 4 is 0 Å². The smallest absolute Gasteiger partial charge is 0.134 e. The minimum atomic E-state index is -1.55. The summed E-state index contributed by atoms with van der Waals surface area (Å²) in [5.41, 5.74) is 3.39. The van der Waals surface area contributed by atoms with Gasteiger partial charge in [-0.3, -0.25) is 4.98 Å². The molecule has 0 spiro atoms. The first kappa shape index (κ1) is 21.6. The van der Waals surface area contributed by atoms with Gasteiger partial charge in [0.05, 0.1) is 17.3 Å². The van der Waals surface area contributed by atoms with Crippen LogP contribution >= 0.6 is 0 Å². The third-order valence-electron chi connectivity index (χ3n) is 6.81. The monoisotopic (exact) mass is 452 g/mol. The Labute approximate surface area is 188 Å². The molecular formula is C26H20F4N2O. The molecule has 0 bridgehead atoms. The standard InChI is InChI=1S/C26H20F4N2O/c27-11-23-16(2-1-7-32-23)18-4-3-15(19-10-22(30)26(33)25(18)19)17-5-6-21(29)20-9-14(28)8-13(12-31)24(17)20/h1-4,7-9,17,21-22,26,33H,5-6,10-11H2/t17-,21+,22-,26-/m1/s1. The number of rotatable bonds is 3. The van der Waals surface area contributed by atoms with Gasteiger partial charge in [0.1, 0.15) is 30.9 Å². The van der Waals surface area contributed by atoms with Crippen LogP contribution in [0.5, 0.6) is 0 Å². The number of halogens is 4. The SMILES string of the molecule is N#Cc1cc(F)cc2c1[C@@H](c1ccc(-c3cccnc3CF)c3c1C[C@@H](F)[C@H]3O)CC[C@@H]2F. The lowest BCUT2D eigenvalue weighted by Gasteiger charge is -2.31. The average Bonchev–Trinajstić information content (AvgIpc) is 3.13. The van der Waals surface area contributed by atoms with Crippen LogP contribution < -0.4 is 0 Å². The molecule has 0 saturated heterocycles. The third kappa shape index (κ3) is 3.41. The van der Waals surface area contributed by atoms with Crippen molar-refractivity contribution in [1.82, 2.24) is 4.98 Å². The van der Waals surface area contributed by atoms with E-state index >= 15 is 0 Å². The molecule has 33 heavy (non-hydrogen) atoms. The second kappa shape index (κ2) is 8.27. The fourth-order valence-electron chi connectivity index (χ4n) is 5.39. The molecule has 0 aliphatic heterocycles. The van der Waals surface area contributed by atoms with Crippen LogP contribution in [0.15, 0.2) is 42.6 Å². The normalized spacial score (nSPS) is 23.6. The second-order valence-electron chi connectivity index (χ2n) is 8.56. The fourth-order valence-corrected chi connectivity index (χ4v) is 5.39. The van der Waals surface area contributed by atoms with E-state index in [4.69, 9.17) is 0 Å². The number of alkyl halides is 3. The van der Waals surface area contributed by atoms with Gasteiger partial charge >= 0.3 is 0 Å². The molecule has 2 aliphatic rings. The Morgan fingerprint density at radius 3 is 2.64 bits per heavy atom. The molecule has 2 aliphatic carbocycles. The van der Waals surface area contributed by atoms with Gasteiger partial charge in [0.2, 0.25) is 0 Å². The van der Waals surface area contributed by atoms with Crippen LogP contribution in [0.25, 0.3) is 11.1 Å². The van der Waals surface area contributed by atoms with Crippen molar-refractivity contribution in [2.75, 3.05) is 0 Å². The Morgan fingerprint density at radius 2 is 1.88 bits per heavy atom. The number of aliphatic hydroxyl groups excluding tert-OH is 1. The van der Waals surface area contributed by atoms with Crippen molar-refractivity contribution in [3.05, 3.63) is 87.5 Å². The molecule has 7 heteroatoms. The highest BCUT2D eigenvalue weighted by atomic mass is 19.1. The summed E-state index contributed by atoms with van der Waals surface area (Å²) in [6.45, 7) is -0.813. The molecule has 3 aromatic rings. The molecule has 0 saturated carbocycles. The zero-order valence-corrected chi connectivity index (χ0v) is 17.5. The third-order valence-corrected chi connectivity index (χ3v) is 6.81. The summed E-state index contributed by atoms with van der Waals surface area (Å²) in [6.07, 6.45) is -2.44. The van der Waals surface area contributed by atoms with Crippen LogP contribution in [0, 0.1) is 17.1 Å². The number of pyridine rings is 1. The highest BCUT2D eigenvalue weighted by molar-refractivity contribution is 5.74. The van der Waals surface area contributed by atoms with Gasteiger partial charge in [-0.15, -0.1) is 0 Å². The lowest BCUT2D eigenvalue weighted by molar-refractivity contribution is 0.0929. The quantitative estimate of drug-likeness (QED) is 0.489. The van der Waals surface area contributed by atoms with Crippen molar-refractivity contribution in [2.24, 2.45) is 0 Å². The van der Waals surface area contributed by atoms with Gasteiger partial charge < -0.3 is 5.11 Å². The Hall–Kier alpha value is -3.24. The Morgan fingerprint density at radius 1 is 1.06 bits per heavy atom. The van der Waals surface area contributed by atoms with E-state index < -0.39 is 36.9 Å². The van der Waals surface area contributed by atoms with Gasteiger partial charge in [-0.05, 0) is 64.4 Å². The summed E-state index contributed by atoms with van der Waals surface area (Å²) in [4.78, 5) is 4.06. The lowest BCUT2D eigenvalue weighted by atomic mass is 9.74. The molecule has 0 amide bonds. The highest BCUT2D eigenvalue weighted by Crippen LogP contribution is 2.50. The van der Waals surface area contributed by atoms with Crippen LogP contribution in [0.1, 0.15) is 70.1 Å². The van der Waals surface area contributed by atoms with Crippen molar-refractivity contribution < 1.29 is 22.7 Å². The van der Waals surface area contributed by atoms with E-state index in [9.17, 15) is 27.9 Å². The van der Waals surface area contributed by atoms with Crippen LogP contribution in [-0.4, -0.2) is 16.3 Å². The Kier molecular flexibility index (Phi) is 5.41. The molecule has 0 radical (unpaired) electrons. The first-order chi connectivity index (χ1) is 15.9. The number of aromatic nitrogens is 1. The molecule has 3 nitrogen and oxygen atoms in total. The van der Waals surface area contributed by atoms with Crippen molar-refractivity contribution in [3.8, 4) is 17.2 Å². The summed E-state index contributed by atoms with van der Waals surface area (Å²) < 4.78 is 57.1. The number of hydrogen-bond acceptors (Lipinski definition) is 3. The minimum Gasteiger partial charge on any atom is -0.385 e. The predicted molar refractivity (Wildman–Crippen MR) is 114 cm³/mol. The average molecular weight is 452 g/mol. The van der Waals surface area contributed by atoms with Crippen molar-refractivity contribution in [2.45, 2.75) is 50.3 Å². The van der Waals surface area contributed by atoms with E-state index in [0.29, 0.717) is 39.8 Å². The molecule has 0 fully saturated rings. The van der Waals surface area contributed by atoms with Crippen LogP contribution in [0.2, 0.25) is 0 Å². The van der Waals surface area contributed by atoms with Gasteiger partial charge in [0, 0.05) is 24.1 Å². The molecule has 1 heterocycles. The highest BCUT2D eigenvalue weighted by Gasteiger charge is 2.39. The molecular weight excluding hydrogens is 432 g/mol. The number of fused-ring (bicyclic) bond motifs is 2. The summed E-state index contributed by atoms with van der Waals surface area (Å²) in [7, 11) is 0. The van der Waals surface area contributed by atoms with Crippen LogP contribution in [0.4, 0.5) is 17.6 Å². The van der Waals surface area contributed by atoms with Gasteiger partial charge in [0.25, 0.3) is 0 Å². The maximum Gasteiger partial charge on any atom is 0.134 e. The minimum absolute atomic E-state index is 0.0532. The summed E-state index contributed by atoms with van der Waals surface area (Å²) in [5, 5.41) is 20.3. The van der Waals surface area contributed by atoms with E-state index in [-0.39, 0.29) is 29.7 Å². The summed E-state index contributed by atoms with van der Waals surface area (Å²) in [5.74, 6) is -1.12. The van der Waals surface area contributed by atoms with E-state index in [1.54, 1.807) is 24.3 Å². The molecule has 168 valence electrons. The number of nitrogens with zero attached hydrogens (tertiary/aromatic N) is 2. The molecule has 1 aromatic heterocycles. The zero-order valence-electron chi connectivity index (χ0n) is 17.5. The molecule has 1 N–H and O–H groups in total. The lowest BCUT2D eigenvalue weighted by Crippen LogP contribution is -2.17. The predicted octanol–water partition coefficient (Wildman–Crippen LogP) is 6.09. The van der Waals surface area contributed by atoms with E-state index in [1.165, 1.54) is 6.20 Å². The number of nitriles is 1. The maximum atomic E-state index is 14.8. The largest absolute Gasteiger partial charge is 0.385 e. The van der Waals surface area contributed by atoms with Gasteiger partial charge in [-0.25, -0.2) is 17.6 Å². The van der Waals surface area contributed by atoms with Gasteiger partial charge in [-0.2, -0.15) is 5.26 Å². The molecule has 0 unspecified atom stereocenters. The van der Waals surface area contributed by atoms with Crippen molar-refractivity contribution in [3.63, 3.8) is 0 Å². The second-order valence-corrected chi connectivity index (χ2v) is 8.56. The first-order valence-corrected chi connectivity index (χ1v) is 10.8. The molecule has 4 atom stereocenters. The summed E-state index contributed by atoms with van der Waals surface area (Å²) in [6, 6.07) is 11.0. The Bertz CT molecular complexity index is 1290. The van der Waals surface area contributed by atoms with E-state index in [1.807, 2.05) is 6.07 Å². The Balaban J connectivity index is 1.73. The maximum absolute atomic E-state index is 14.8. The number of benzene rings is 2.